The first-order valence-electron chi connectivity index (χ1n) is 11.3. The molecule has 0 radical (unpaired) electrons. The van der Waals surface area contributed by atoms with E-state index in [2.05, 4.69) is 5.32 Å². The average Bonchev–Trinajstić information content (AvgIpc) is 3.45. The van der Waals surface area contributed by atoms with E-state index in [1.54, 1.807) is 12.1 Å². The molecule has 2 aromatic carbocycles. The molecule has 5 rings (SSSR count). The second kappa shape index (κ2) is 8.54. The third-order valence-electron chi connectivity index (χ3n) is 6.82. The highest BCUT2D eigenvalue weighted by Gasteiger charge is 2.49. The van der Waals surface area contributed by atoms with Gasteiger partial charge in [0.2, 0.25) is 5.91 Å². The summed E-state index contributed by atoms with van der Waals surface area (Å²) in [5.74, 6) is -3.97. The van der Waals surface area contributed by atoms with E-state index in [1.807, 2.05) is 0 Å². The van der Waals surface area contributed by atoms with Gasteiger partial charge in [-0.25, -0.2) is 9.59 Å². The van der Waals surface area contributed by atoms with Crippen molar-refractivity contribution in [3.8, 4) is 0 Å². The summed E-state index contributed by atoms with van der Waals surface area (Å²) in [6.07, 6.45) is -4.54. The molecular weight excluding hydrogens is 481 g/mol. The molecule has 0 saturated carbocycles. The van der Waals surface area contributed by atoms with Crippen LogP contribution < -0.4 is 15.1 Å². The molecule has 1 aliphatic carbocycles. The Morgan fingerprint density at radius 2 is 1.67 bits per heavy atom. The zero-order chi connectivity index (χ0) is 25.8. The van der Waals surface area contributed by atoms with E-state index < -0.39 is 48.2 Å². The highest BCUT2D eigenvalue weighted by Crippen LogP contribution is 2.44. The van der Waals surface area contributed by atoms with Crippen LogP contribution in [0.15, 0.2) is 42.5 Å². The van der Waals surface area contributed by atoms with Crippen molar-refractivity contribution in [1.29, 1.82) is 0 Å². The van der Waals surface area contributed by atoms with Gasteiger partial charge in [0.1, 0.15) is 0 Å². The number of hydrogen-bond donors (Lipinski definition) is 2. The van der Waals surface area contributed by atoms with E-state index in [0.29, 0.717) is 24.5 Å². The van der Waals surface area contributed by atoms with Crippen LogP contribution in [0.4, 0.5) is 34.1 Å². The zero-order valence-corrected chi connectivity index (χ0v) is 18.8. The number of carbonyl (C=O) groups is 4. The predicted octanol–water partition coefficient (Wildman–Crippen LogP) is 3.39. The van der Waals surface area contributed by atoms with Gasteiger partial charge in [0.15, 0.2) is 5.92 Å². The van der Waals surface area contributed by atoms with Crippen LogP contribution in [0.3, 0.4) is 0 Å². The van der Waals surface area contributed by atoms with Crippen LogP contribution in [0.2, 0.25) is 0 Å². The number of carbonyl (C=O) groups excluding carboxylic acids is 3. The lowest BCUT2D eigenvalue weighted by Crippen LogP contribution is -2.59. The van der Waals surface area contributed by atoms with Crippen molar-refractivity contribution in [2.24, 2.45) is 5.92 Å². The monoisotopic (exact) mass is 502 g/mol. The van der Waals surface area contributed by atoms with E-state index >= 15 is 0 Å². The zero-order valence-electron chi connectivity index (χ0n) is 18.8. The van der Waals surface area contributed by atoms with Crippen LogP contribution in [0, 0.1) is 5.92 Å². The maximum absolute atomic E-state index is 13.5. The van der Waals surface area contributed by atoms with Crippen LogP contribution in [-0.2, 0) is 22.2 Å². The number of nitrogens with one attached hydrogen (secondary N) is 1. The smallest absolute Gasteiger partial charge is 0.416 e. The van der Waals surface area contributed by atoms with E-state index in [1.165, 1.54) is 29.2 Å². The summed E-state index contributed by atoms with van der Waals surface area (Å²) in [4.78, 5) is 53.9. The predicted molar refractivity (Wildman–Crippen MR) is 120 cm³/mol. The minimum absolute atomic E-state index is 0.00290. The van der Waals surface area contributed by atoms with Crippen LogP contribution in [0.1, 0.15) is 29.2 Å². The highest BCUT2D eigenvalue weighted by atomic mass is 19.4. The van der Waals surface area contributed by atoms with Gasteiger partial charge in [0.05, 0.1) is 11.6 Å². The first-order chi connectivity index (χ1) is 17.1. The molecule has 0 bridgehead atoms. The van der Waals surface area contributed by atoms with E-state index in [9.17, 15) is 37.5 Å². The van der Waals surface area contributed by atoms with Gasteiger partial charge < -0.3 is 10.4 Å². The van der Waals surface area contributed by atoms with Crippen LogP contribution in [0.25, 0.3) is 0 Å². The number of aliphatic carboxylic acids is 1. The molecule has 2 saturated heterocycles. The molecule has 9 nitrogen and oxygen atoms in total. The molecule has 2 aliphatic heterocycles. The number of amides is 5. The Balaban J connectivity index is 1.50. The lowest BCUT2D eigenvalue weighted by atomic mass is 9.98. The Morgan fingerprint density at radius 1 is 1.00 bits per heavy atom. The number of fused-ring (bicyclic) bond motifs is 1. The van der Waals surface area contributed by atoms with Gasteiger partial charge >= 0.3 is 24.2 Å². The molecule has 5 amide bonds. The first kappa shape index (κ1) is 23.6. The summed E-state index contributed by atoms with van der Waals surface area (Å²) in [6.45, 7) is 0.530. The maximum atomic E-state index is 13.5. The minimum atomic E-state index is -4.60. The number of halogens is 3. The number of urea groups is 2. The van der Waals surface area contributed by atoms with E-state index in [-0.39, 0.29) is 30.0 Å². The summed E-state index contributed by atoms with van der Waals surface area (Å²) in [6, 6.07) is 7.81. The molecular formula is C24H21F3N4O5. The number of carboxylic acids is 1. The molecule has 0 aromatic heterocycles. The molecule has 2 heterocycles. The largest absolute Gasteiger partial charge is 0.481 e. The maximum Gasteiger partial charge on any atom is 0.416 e. The third-order valence-corrected chi connectivity index (χ3v) is 6.82. The van der Waals surface area contributed by atoms with Gasteiger partial charge in [-0.2, -0.15) is 13.2 Å². The number of carboxylic acid groups (broad SMARTS) is 1. The van der Waals surface area contributed by atoms with Crippen LogP contribution in [-0.4, -0.2) is 53.6 Å². The fraction of sp³-hybridized carbons (Fsp3) is 0.333. The summed E-state index contributed by atoms with van der Waals surface area (Å²) >= 11 is 0. The number of benzene rings is 2. The summed E-state index contributed by atoms with van der Waals surface area (Å²) < 4.78 is 40.6. The summed E-state index contributed by atoms with van der Waals surface area (Å²) in [7, 11) is 0. The number of alkyl halides is 3. The SMILES string of the molecule is O=C(O)C1CN(c2ccc(N3CCNC3=O)cc2)C(=O)N(C2CCc3c2cccc3C(F)(F)F)C1=O. The van der Waals surface area contributed by atoms with Gasteiger partial charge in [-0.1, -0.05) is 12.1 Å². The minimum Gasteiger partial charge on any atom is -0.481 e. The Labute approximate surface area is 203 Å². The van der Waals surface area contributed by atoms with Crippen LogP contribution in [0.5, 0.6) is 0 Å². The lowest BCUT2D eigenvalue weighted by Gasteiger charge is -2.40. The van der Waals surface area contributed by atoms with E-state index in [0.717, 1.165) is 15.9 Å². The van der Waals surface area contributed by atoms with Crippen molar-refractivity contribution >= 4 is 35.3 Å². The van der Waals surface area contributed by atoms with Crippen molar-refractivity contribution in [2.75, 3.05) is 29.4 Å². The fourth-order valence-corrected chi connectivity index (χ4v) is 5.11. The fourth-order valence-electron chi connectivity index (χ4n) is 5.11. The lowest BCUT2D eigenvalue weighted by molar-refractivity contribution is -0.151. The van der Waals surface area contributed by atoms with Gasteiger partial charge in [0, 0.05) is 31.0 Å². The number of hydrogen-bond acceptors (Lipinski definition) is 4. The van der Waals surface area contributed by atoms with Gasteiger partial charge in [-0.3, -0.25) is 24.3 Å². The second-order valence-electron chi connectivity index (χ2n) is 8.82. The molecule has 2 fully saturated rings. The molecule has 0 spiro atoms. The van der Waals surface area contributed by atoms with Gasteiger partial charge in [-0.15, -0.1) is 0 Å². The van der Waals surface area contributed by atoms with Crippen molar-refractivity contribution in [2.45, 2.75) is 25.1 Å². The quantitative estimate of drug-likeness (QED) is 0.623. The van der Waals surface area contributed by atoms with Gasteiger partial charge in [-0.05, 0) is 54.3 Å². The highest BCUT2D eigenvalue weighted by molar-refractivity contribution is 6.12. The molecule has 36 heavy (non-hydrogen) atoms. The van der Waals surface area contributed by atoms with Crippen molar-refractivity contribution in [3.63, 3.8) is 0 Å². The normalized spacial score (nSPS) is 22.2. The molecule has 3 aliphatic rings. The Bertz CT molecular complexity index is 1260. The Hall–Kier alpha value is -4.09. The van der Waals surface area contributed by atoms with Crippen molar-refractivity contribution in [1.82, 2.24) is 10.2 Å². The summed E-state index contributed by atoms with van der Waals surface area (Å²) in [5.41, 5.74) is 0.244. The molecule has 2 atom stereocenters. The van der Waals surface area contributed by atoms with Crippen molar-refractivity contribution < 1.29 is 37.5 Å². The molecule has 2 aromatic rings. The Morgan fingerprint density at radius 3 is 2.25 bits per heavy atom. The molecule has 188 valence electrons. The van der Waals surface area contributed by atoms with Gasteiger partial charge in [0.25, 0.3) is 0 Å². The number of rotatable bonds is 4. The standard InChI is InChI=1S/C24H21F3N4O5/c25-24(26,27)18-3-1-2-16-15(18)8-9-19(16)31-20(32)17(21(33)34)12-30(23(31)36)14-6-4-13(5-7-14)29-11-10-28-22(29)35/h1-7,17,19H,8-12H2,(H,28,35)(H,33,34). The van der Waals surface area contributed by atoms with E-state index in [4.69, 9.17) is 0 Å². The molecule has 2 N–H and O–H groups in total. The number of imide groups is 1. The first-order valence-corrected chi connectivity index (χ1v) is 11.3. The topological polar surface area (TPSA) is 110 Å². The average molecular weight is 502 g/mol. The number of nitrogens with zero attached hydrogens (tertiary/aromatic N) is 3. The molecule has 12 heteroatoms. The van der Waals surface area contributed by atoms with Crippen molar-refractivity contribution in [3.05, 3.63) is 59.2 Å². The third kappa shape index (κ3) is 3.82. The Kier molecular flexibility index (Phi) is 5.61. The second-order valence-corrected chi connectivity index (χ2v) is 8.82. The molecule has 2 unspecified atom stereocenters. The van der Waals surface area contributed by atoms with Crippen LogP contribution >= 0.6 is 0 Å². The number of anilines is 2. The summed E-state index contributed by atoms with van der Waals surface area (Å²) in [5, 5.41) is 12.4.